The van der Waals surface area contributed by atoms with Crippen molar-refractivity contribution in [1.29, 1.82) is 0 Å². The normalized spacial score (nSPS) is 20.1. The fourth-order valence-corrected chi connectivity index (χ4v) is 3.46. The standard InChI is InChI=1S/C18H30N2/c1-14(2)10-16(12-19)8-9-20-13-15(3)11-17-6-4-5-7-18(17)20/h4-7,14-16H,8-13,19H2,1-3H3. The van der Waals surface area contributed by atoms with E-state index in [0.29, 0.717) is 5.92 Å². The summed E-state index contributed by atoms with van der Waals surface area (Å²) in [6, 6.07) is 8.89. The van der Waals surface area contributed by atoms with Crippen LogP contribution in [0.1, 0.15) is 39.2 Å². The molecule has 112 valence electrons. The van der Waals surface area contributed by atoms with Crippen LogP contribution in [0.15, 0.2) is 24.3 Å². The lowest BCUT2D eigenvalue weighted by Crippen LogP contribution is -2.36. The Morgan fingerprint density at radius 3 is 2.75 bits per heavy atom. The predicted molar refractivity (Wildman–Crippen MR) is 88.1 cm³/mol. The van der Waals surface area contributed by atoms with E-state index in [4.69, 9.17) is 5.73 Å². The number of nitrogens with two attached hydrogens (primary N) is 1. The topological polar surface area (TPSA) is 29.3 Å². The maximum absolute atomic E-state index is 5.94. The molecular weight excluding hydrogens is 244 g/mol. The van der Waals surface area contributed by atoms with Gasteiger partial charge in [0.05, 0.1) is 0 Å². The quantitative estimate of drug-likeness (QED) is 0.857. The first kappa shape index (κ1) is 15.4. The lowest BCUT2D eigenvalue weighted by atomic mass is 9.91. The highest BCUT2D eigenvalue weighted by molar-refractivity contribution is 5.55. The maximum atomic E-state index is 5.94. The van der Waals surface area contributed by atoms with Crippen LogP contribution in [0, 0.1) is 17.8 Å². The van der Waals surface area contributed by atoms with E-state index in [0.717, 1.165) is 24.9 Å². The van der Waals surface area contributed by atoms with E-state index in [2.05, 4.69) is 49.9 Å². The molecule has 0 saturated heterocycles. The third-order valence-electron chi connectivity index (χ3n) is 4.38. The molecular formula is C18H30N2. The van der Waals surface area contributed by atoms with Gasteiger partial charge in [0.1, 0.15) is 0 Å². The van der Waals surface area contributed by atoms with Crippen LogP contribution in [0.25, 0.3) is 0 Å². The summed E-state index contributed by atoms with van der Waals surface area (Å²) in [5.74, 6) is 2.17. The lowest BCUT2D eigenvalue weighted by Gasteiger charge is -2.35. The van der Waals surface area contributed by atoms with Crippen molar-refractivity contribution in [2.45, 2.75) is 40.0 Å². The zero-order valence-electron chi connectivity index (χ0n) is 13.3. The molecule has 2 rings (SSSR count). The lowest BCUT2D eigenvalue weighted by molar-refractivity contribution is 0.388. The number of benzene rings is 1. The van der Waals surface area contributed by atoms with Gasteiger partial charge >= 0.3 is 0 Å². The van der Waals surface area contributed by atoms with Gasteiger partial charge in [-0.1, -0.05) is 39.0 Å². The first-order chi connectivity index (χ1) is 9.60. The van der Waals surface area contributed by atoms with Gasteiger partial charge in [0.2, 0.25) is 0 Å². The summed E-state index contributed by atoms with van der Waals surface area (Å²) in [6.07, 6.45) is 3.69. The minimum atomic E-state index is 0.666. The highest BCUT2D eigenvalue weighted by Gasteiger charge is 2.21. The van der Waals surface area contributed by atoms with Gasteiger partial charge in [0.25, 0.3) is 0 Å². The van der Waals surface area contributed by atoms with Crippen molar-refractivity contribution in [3.63, 3.8) is 0 Å². The molecule has 0 amide bonds. The second-order valence-electron chi connectivity index (χ2n) is 6.90. The zero-order valence-corrected chi connectivity index (χ0v) is 13.3. The van der Waals surface area contributed by atoms with E-state index >= 15 is 0 Å². The summed E-state index contributed by atoms with van der Waals surface area (Å²) in [6.45, 7) is 10.1. The Balaban J connectivity index is 1.99. The summed E-state index contributed by atoms with van der Waals surface area (Å²) < 4.78 is 0. The molecule has 2 unspecified atom stereocenters. The molecule has 1 aromatic carbocycles. The van der Waals surface area contributed by atoms with E-state index < -0.39 is 0 Å². The molecule has 1 aliphatic heterocycles. The third-order valence-corrected chi connectivity index (χ3v) is 4.38. The molecule has 0 aromatic heterocycles. The summed E-state index contributed by atoms with van der Waals surface area (Å²) in [5.41, 5.74) is 8.90. The van der Waals surface area contributed by atoms with Crippen LogP contribution in [0.5, 0.6) is 0 Å². The SMILES string of the molecule is CC(C)CC(CN)CCN1CC(C)Cc2ccccc21. The number of hydrogen-bond acceptors (Lipinski definition) is 2. The van der Waals surface area contributed by atoms with E-state index in [-0.39, 0.29) is 0 Å². The fraction of sp³-hybridized carbons (Fsp3) is 0.667. The minimum absolute atomic E-state index is 0.666. The zero-order chi connectivity index (χ0) is 14.5. The molecule has 0 fully saturated rings. The molecule has 2 atom stereocenters. The van der Waals surface area contributed by atoms with Crippen LogP contribution < -0.4 is 10.6 Å². The van der Waals surface area contributed by atoms with Crippen LogP contribution in [-0.2, 0) is 6.42 Å². The minimum Gasteiger partial charge on any atom is -0.371 e. The van der Waals surface area contributed by atoms with Crippen molar-refractivity contribution in [3.8, 4) is 0 Å². The van der Waals surface area contributed by atoms with E-state index in [1.165, 1.54) is 37.1 Å². The Kier molecular flexibility index (Phi) is 5.47. The number of anilines is 1. The number of fused-ring (bicyclic) bond motifs is 1. The van der Waals surface area contributed by atoms with Crippen molar-refractivity contribution in [2.75, 3.05) is 24.5 Å². The Morgan fingerprint density at radius 2 is 2.05 bits per heavy atom. The Hall–Kier alpha value is -1.02. The number of rotatable bonds is 6. The second-order valence-corrected chi connectivity index (χ2v) is 6.90. The number of hydrogen-bond donors (Lipinski definition) is 1. The summed E-state index contributed by atoms with van der Waals surface area (Å²) >= 11 is 0. The van der Waals surface area contributed by atoms with E-state index in [1.54, 1.807) is 0 Å². The highest BCUT2D eigenvalue weighted by atomic mass is 15.1. The van der Waals surface area contributed by atoms with Crippen LogP contribution in [0.4, 0.5) is 5.69 Å². The molecule has 0 radical (unpaired) electrons. The van der Waals surface area contributed by atoms with Gasteiger partial charge in [-0.25, -0.2) is 0 Å². The summed E-state index contributed by atoms with van der Waals surface area (Å²) in [4.78, 5) is 2.58. The molecule has 0 aliphatic carbocycles. The van der Waals surface area contributed by atoms with Gasteiger partial charge in [-0.05, 0) is 55.2 Å². The average Bonchev–Trinajstić information content (AvgIpc) is 2.42. The van der Waals surface area contributed by atoms with Crippen molar-refractivity contribution in [3.05, 3.63) is 29.8 Å². The van der Waals surface area contributed by atoms with Gasteiger partial charge < -0.3 is 10.6 Å². The Labute approximate surface area is 124 Å². The first-order valence-corrected chi connectivity index (χ1v) is 8.13. The summed E-state index contributed by atoms with van der Waals surface area (Å²) in [7, 11) is 0. The first-order valence-electron chi connectivity index (χ1n) is 8.13. The van der Waals surface area contributed by atoms with Crippen molar-refractivity contribution >= 4 is 5.69 Å². The molecule has 2 heteroatoms. The summed E-state index contributed by atoms with van der Waals surface area (Å²) in [5, 5.41) is 0. The van der Waals surface area contributed by atoms with E-state index in [1.807, 2.05) is 0 Å². The molecule has 1 aliphatic rings. The van der Waals surface area contributed by atoms with Crippen molar-refractivity contribution in [1.82, 2.24) is 0 Å². The molecule has 0 bridgehead atoms. The van der Waals surface area contributed by atoms with E-state index in [9.17, 15) is 0 Å². The Morgan fingerprint density at radius 1 is 1.30 bits per heavy atom. The molecule has 20 heavy (non-hydrogen) atoms. The molecule has 2 N–H and O–H groups in total. The van der Waals surface area contributed by atoms with Crippen LogP contribution in [0.2, 0.25) is 0 Å². The molecule has 2 nitrogen and oxygen atoms in total. The van der Waals surface area contributed by atoms with Gasteiger partial charge in [-0.15, -0.1) is 0 Å². The second kappa shape index (κ2) is 7.12. The molecule has 0 spiro atoms. The molecule has 0 saturated carbocycles. The number of para-hydroxylation sites is 1. The smallest absolute Gasteiger partial charge is 0.0398 e. The largest absolute Gasteiger partial charge is 0.371 e. The molecule has 1 heterocycles. The predicted octanol–water partition coefficient (Wildman–Crippen LogP) is 3.70. The third kappa shape index (κ3) is 3.99. The van der Waals surface area contributed by atoms with Crippen molar-refractivity contribution < 1.29 is 0 Å². The van der Waals surface area contributed by atoms with Crippen LogP contribution in [0.3, 0.4) is 0 Å². The van der Waals surface area contributed by atoms with Gasteiger partial charge in [0, 0.05) is 18.8 Å². The van der Waals surface area contributed by atoms with Gasteiger partial charge in [0.15, 0.2) is 0 Å². The van der Waals surface area contributed by atoms with Gasteiger partial charge in [-0.3, -0.25) is 0 Å². The van der Waals surface area contributed by atoms with Gasteiger partial charge in [-0.2, -0.15) is 0 Å². The Bertz CT molecular complexity index is 414. The van der Waals surface area contributed by atoms with Crippen molar-refractivity contribution in [2.24, 2.45) is 23.5 Å². The van der Waals surface area contributed by atoms with Crippen LogP contribution >= 0.6 is 0 Å². The maximum Gasteiger partial charge on any atom is 0.0398 e. The van der Waals surface area contributed by atoms with Crippen LogP contribution in [-0.4, -0.2) is 19.6 Å². The number of nitrogens with zero attached hydrogens (tertiary/aromatic N) is 1. The fourth-order valence-electron chi connectivity index (χ4n) is 3.46. The molecule has 1 aromatic rings. The average molecular weight is 274 g/mol. The monoisotopic (exact) mass is 274 g/mol. The highest BCUT2D eigenvalue weighted by Crippen LogP contribution is 2.30.